The second-order valence-electron chi connectivity index (χ2n) is 7.65. The van der Waals surface area contributed by atoms with Crippen LogP contribution in [0.3, 0.4) is 0 Å². The van der Waals surface area contributed by atoms with Crippen LogP contribution in [-0.2, 0) is 16.0 Å². The smallest absolute Gasteiger partial charge is 0.247 e. The molecule has 2 saturated heterocycles. The third kappa shape index (κ3) is 2.03. The molecule has 1 saturated carbocycles. The van der Waals surface area contributed by atoms with E-state index in [-0.39, 0.29) is 23.9 Å². The van der Waals surface area contributed by atoms with Gasteiger partial charge in [-0.15, -0.1) is 0 Å². The minimum absolute atomic E-state index is 0.0739. The standard InChI is InChI=1S/C19H21N3O2S/c23-16-19(17(24)22(13-8-9-13)18(25)20-16)11-12-5-1-2-6-14(12)21-10-4-3-7-15(19)21/h1-2,5-6,13,15H,3-4,7-11H2,(H,20,23,25)/t15-,19-/m0/s1. The lowest BCUT2D eigenvalue weighted by Gasteiger charge is -2.54. The highest BCUT2D eigenvalue weighted by Gasteiger charge is 2.62. The number of thiocarbonyl (C=S) groups is 1. The Morgan fingerprint density at radius 2 is 1.92 bits per heavy atom. The molecular weight excluding hydrogens is 334 g/mol. The first-order chi connectivity index (χ1) is 12.1. The van der Waals surface area contributed by atoms with Gasteiger partial charge < -0.3 is 10.2 Å². The molecular formula is C19H21N3O2S. The minimum atomic E-state index is -1.04. The predicted molar refractivity (Wildman–Crippen MR) is 98.2 cm³/mol. The van der Waals surface area contributed by atoms with Crippen LogP contribution in [0.25, 0.3) is 0 Å². The Bertz CT molecular complexity index is 791. The van der Waals surface area contributed by atoms with Crippen molar-refractivity contribution in [2.75, 3.05) is 11.4 Å². The zero-order valence-corrected chi connectivity index (χ0v) is 14.8. The maximum Gasteiger partial charge on any atom is 0.247 e. The van der Waals surface area contributed by atoms with E-state index in [2.05, 4.69) is 22.3 Å². The van der Waals surface area contributed by atoms with E-state index in [0.29, 0.717) is 11.5 Å². The SMILES string of the molecule is O=C1NC(=S)N(C2CC2)C(=O)[C@]12Cc1ccccc1N1CCCC[C@H]12. The molecule has 5 nitrogen and oxygen atoms in total. The number of fused-ring (bicyclic) bond motifs is 4. The number of nitrogens with one attached hydrogen (secondary N) is 1. The summed E-state index contributed by atoms with van der Waals surface area (Å²) in [6.07, 6.45) is 5.45. The van der Waals surface area contributed by atoms with Gasteiger partial charge in [-0.3, -0.25) is 14.5 Å². The summed E-state index contributed by atoms with van der Waals surface area (Å²) in [4.78, 5) is 30.8. The van der Waals surface area contributed by atoms with Gasteiger partial charge in [0.1, 0.15) is 0 Å². The van der Waals surface area contributed by atoms with Gasteiger partial charge in [0.15, 0.2) is 10.5 Å². The average Bonchev–Trinajstić information content (AvgIpc) is 3.45. The van der Waals surface area contributed by atoms with Gasteiger partial charge in [0, 0.05) is 18.3 Å². The molecule has 3 heterocycles. The van der Waals surface area contributed by atoms with Gasteiger partial charge in [0.25, 0.3) is 0 Å². The highest BCUT2D eigenvalue weighted by atomic mass is 32.1. The topological polar surface area (TPSA) is 52.7 Å². The van der Waals surface area contributed by atoms with Crippen LogP contribution in [0.2, 0.25) is 0 Å². The van der Waals surface area contributed by atoms with Gasteiger partial charge in [0.2, 0.25) is 11.8 Å². The van der Waals surface area contributed by atoms with Crippen molar-refractivity contribution in [3.8, 4) is 0 Å². The van der Waals surface area contributed by atoms with Crippen LogP contribution in [0.15, 0.2) is 24.3 Å². The van der Waals surface area contributed by atoms with E-state index in [0.717, 1.165) is 44.2 Å². The first-order valence-electron chi connectivity index (χ1n) is 9.16. The van der Waals surface area contributed by atoms with Crippen LogP contribution >= 0.6 is 12.2 Å². The number of rotatable bonds is 1. The van der Waals surface area contributed by atoms with E-state index < -0.39 is 5.41 Å². The van der Waals surface area contributed by atoms with Crippen molar-refractivity contribution in [2.45, 2.75) is 50.6 Å². The number of piperidine rings is 1. The Morgan fingerprint density at radius 3 is 2.72 bits per heavy atom. The maximum atomic E-state index is 13.6. The molecule has 0 bridgehead atoms. The molecule has 0 unspecified atom stereocenters. The summed E-state index contributed by atoms with van der Waals surface area (Å²) in [6, 6.07) is 8.30. The fraction of sp³-hybridized carbons (Fsp3) is 0.526. The average molecular weight is 355 g/mol. The lowest BCUT2D eigenvalue weighted by Crippen LogP contribution is -2.72. The summed E-state index contributed by atoms with van der Waals surface area (Å²) >= 11 is 5.33. The van der Waals surface area contributed by atoms with Crippen LogP contribution in [0.5, 0.6) is 0 Å². The van der Waals surface area contributed by atoms with E-state index in [4.69, 9.17) is 12.2 Å². The number of nitrogens with zero attached hydrogens (tertiary/aromatic N) is 2. The van der Waals surface area contributed by atoms with Crippen molar-refractivity contribution >= 4 is 34.8 Å². The molecule has 1 N–H and O–H groups in total. The van der Waals surface area contributed by atoms with E-state index in [1.807, 2.05) is 12.1 Å². The number of carbonyl (C=O) groups is 2. The van der Waals surface area contributed by atoms with E-state index in [1.165, 1.54) is 5.69 Å². The minimum Gasteiger partial charge on any atom is -0.367 e. The number of hydrogen-bond donors (Lipinski definition) is 1. The van der Waals surface area contributed by atoms with Gasteiger partial charge in [-0.1, -0.05) is 18.2 Å². The lowest BCUT2D eigenvalue weighted by molar-refractivity contribution is -0.153. The molecule has 0 radical (unpaired) electrons. The summed E-state index contributed by atoms with van der Waals surface area (Å²) < 4.78 is 0. The molecule has 5 rings (SSSR count). The third-order valence-corrected chi connectivity index (χ3v) is 6.50. The third-order valence-electron chi connectivity index (χ3n) is 6.20. The van der Waals surface area contributed by atoms with E-state index in [1.54, 1.807) is 4.90 Å². The molecule has 130 valence electrons. The van der Waals surface area contributed by atoms with Gasteiger partial charge in [-0.25, -0.2) is 0 Å². The van der Waals surface area contributed by atoms with Crippen molar-refractivity contribution in [3.05, 3.63) is 29.8 Å². The summed E-state index contributed by atoms with van der Waals surface area (Å²) in [5, 5.41) is 3.17. The molecule has 1 spiro atoms. The maximum absolute atomic E-state index is 13.6. The van der Waals surface area contributed by atoms with Gasteiger partial charge in [-0.05, 0) is 62.4 Å². The Balaban J connectivity index is 1.66. The van der Waals surface area contributed by atoms with Crippen molar-refractivity contribution in [2.24, 2.45) is 5.41 Å². The Morgan fingerprint density at radius 1 is 1.12 bits per heavy atom. The normalized spacial score (nSPS) is 31.7. The zero-order chi connectivity index (χ0) is 17.2. The van der Waals surface area contributed by atoms with Crippen LogP contribution < -0.4 is 10.2 Å². The lowest BCUT2D eigenvalue weighted by atomic mass is 9.66. The Hall–Kier alpha value is -1.95. The number of amides is 2. The molecule has 1 aromatic rings. The predicted octanol–water partition coefficient (Wildman–Crippen LogP) is 1.99. The quantitative estimate of drug-likeness (QED) is 0.618. The first-order valence-corrected chi connectivity index (χ1v) is 9.57. The fourth-order valence-electron chi connectivity index (χ4n) is 4.88. The molecule has 1 aliphatic carbocycles. The second-order valence-corrected chi connectivity index (χ2v) is 8.03. The highest BCUT2D eigenvalue weighted by molar-refractivity contribution is 7.80. The summed E-state index contributed by atoms with van der Waals surface area (Å²) in [5.41, 5.74) is 1.23. The molecule has 3 fully saturated rings. The molecule has 3 aliphatic heterocycles. The van der Waals surface area contributed by atoms with Crippen molar-refractivity contribution in [1.29, 1.82) is 0 Å². The van der Waals surface area contributed by atoms with Crippen molar-refractivity contribution in [1.82, 2.24) is 10.2 Å². The van der Waals surface area contributed by atoms with Crippen molar-refractivity contribution < 1.29 is 9.59 Å². The molecule has 6 heteroatoms. The van der Waals surface area contributed by atoms with Crippen LogP contribution in [0.1, 0.15) is 37.7 Å². The Labute approximate surface area is 152 Å². The van der Waals surface area contributed by atoms with Gasteiger partial charge in [0.05, 0.1) is 6.04 Å². The molecule has 2 amide bonds. The molecule has 2 atom stereocenters. The summed E-state index contributed by atoms with van der Waals surface area (Å²) in [6.45, 7) is 0.901. The monoisotopic (exact) mass is 355 g/mol. The first kappa shape index (κ1) is 15.3. The van der Waals surface area contributed by atoms with Crippen molar-refractivity contribution in [3.63, 3.8) is 0 Å². The molecule has 1 aromatic carbocycles. The molecule has 4 aliphatic rings. The summed E-state index contributed by atoms with van der Waals surface area (Å²) in [5.74, 6) is -0.277. The molecule has 0 aromatic heterocycles. The molecule has 25 heavy (non-hydrogen) atoms. The number of benzene rings is 1. The zero-order valence-electron chi connectivity index (χ0n) is 14.0. The van der Waals surface area contributed by atoms with Gasteiger partial charge >= 0.3 is 0 Å². The second kappa shape index (κ2) is 5.27. The number of anilines is 1. The fourth-order valence-corrected chi connectivity index (χ4v) is 5.20. The largest absolute Gasteiger partial charge is 0.367 e. The Kier molecular flexibility index (Phi) is 3.23. The van der Waals surface area contributed by atoms with Crippen LogP contribution in [0, 0.1) is 5.41 Å². The van der Waals surface area contributed by atoms with Crippen LogP contribution in [-0.4, -0.2) is 40.5 Å². The summed E-state index contributed by atoms with van der Waals surface area (Å²) in [7, 11) is 0. The number of hydrogen-bond acceptors (Lipinski definition) is 4. The van der Waals surface area contributed by atoms with Gasteiger partial charge in [-0.2, -0.15) is 0 Å². The number of para-hydroxylation sites is 1. The van der Waals surface area contributed by atoms with E-state index >= 15 is 0 Å². The van der Waals surface area contributed by atoms with Crippen LogP contribution in [0.4, 0.5) is 5.69 Å². The highest BCUT2D eigenvalue weighted by Crippen LogP contribution is 2.48. The number of carbonyl (C=O) groups excluding carboxylic acids is 2. The van der Waals surface area contributed by atoms with E-state index in [9.17, 15) is 9.59 Å².